The monoisotopic (exact) mass is 209 g/mol. The summed E-state index contributed by atoms with van der Waals surface area (Å²) in [5, 5.41) is 11.3. The van der Waals surface area contributed by atoms with E-state index in [-0.39, 0.29) is 0 Å². The standard InChI is InChI=1S/C8H11N5O2/c1-14-5-7-2-6(11-15-7)3-13-4-8(9)10-12-13/h2,4H,3,5,9H2,1H3. The Bertz CT molecular complexity index is 436. The van der Waals surface area contributed by atoms with Crippen molar-refractivity contribution in [1.82, 2.24) is 20.2 Å². The summed E-state index contributed by atoms with van der Waals surface area (Å²) in [6, 6.07) is 1.81. The van der Waals surface area contributed by atoms with E-state index >= 15 is 0 Å². The molecule has 80 valence electrons. The summed E-state index contributed by atoms with van der Waals surface area (Å²) in [6.45, 7) is 0.893. The first kappa shape index (κ1) is 9.66. The molecule has 0 fully saturated rings. The molecule has 7 nitrogen and oxygen atoms in total. The van der Waals surface area contributed by atoms with Gasteiger partial charge in [0.15, 0.2) is 11.6 Å². The second-order valence-corrected chi connectivity index (χ2v) is 3.06. The smallest absolute Gasteiger partial charge is 0.165 e. The van der Waals surface area contributed by atoms with E-state index in [0.717, 1.165) is 5.69 Å². The van der Waals surface area contributed by atoms with E-state index in [1.807, 2.05) is 0 Å². The molecule has 2 aromatic heterocycles. The van der Waals surface area contributed by atoms with Crippen LogP contribution in [0.4, 0.5) is 5.82 Å². The van der Waals surface area contributed by atoms with Gasteiger partial charge in [0.05, 0.1) is 12.7 Å². The predicted molar refractivity (Wildman–Crippen MR) is 50.8 cm³/mol. The molecule has 7 heteroatoms. The average Bonchev–Trinajstić information content (AvgIpc) is 2.78. The van der Waals surface area contributed by atoms with Gasteiger partial charge in [-0.1, -0.05) is 10.4 Å². The van der Waals surface area contributed by atoms with E-state index in [4.69, 9.17) is 15.0 Å². The molecule has 0 spiro atoms. The van der Waals surface area contributed by atoms with E-state index in [2.05, 4.69) is 15.5 Å². The third-order valence-corrected chi connectivity index (χ3v) is 1.77. The van der Waals surface area contributed by atoms with Gasteiger partial charge in [0.2, 0.25) is 0 Å². The van der Waals surface area contributed by atoms with Crippen molar-refractivity contribution in [3.8, 4) is 0 Å². The minimum Gasteiger partial charge on any atom is -0.381 e. The fourth-order valence-electron chi connectivity index (χ4n) is 1.20. The zero-order valence-electron chi connectivity index (χ0n) is 8.25. The number of aromatic nitrogens is 4. The van der Waals surface area contributed by atoms with Crippen LogP contribution in [-0.2, 0) is 17.9 Å². The molecule has 0 saturated carbocycles. The summed E-state index contributed by atoms with van der Waals surface area (Å²) in [6.07, 6.45) is 1.63. The topological polar surface area (TPSA) is 92.0 Å². The lowest BCUT2D eigenvalue weighted by molar-refractivity contribution is 0.155. The molecule has 0 saturated heterocycles. The molecule has 0 unspecified atom stereocenters. The Balaban J connectivity index is 2.04. The highest BCUT2D eigenvalue weighted by molar-refractivity contribution is 5.20. The van der Waals surface area contributed by atoms with Gasteiger partial charge in [0, 0.05) is 13.2 Å². The third kappa shape index (κ3) is 2.32. The van der Waals surface area contributed by atoms with Crippen LogP contribution < -0.4 is 5.73 Å². The first-order valence-electron chi connectivity index (χ1n) is 4.37. The first-order valence-corrected chi connectivity index (χ1v) is 4.37. The third-order valence-electron chi connectivity index (χ3n) is 1.77. The Hall–Kier alpha value is -1.89. The van der Waals surface area contributed by atoms with Crippen LogP contribution in [0.2, 0.25) is 0 Å². The SMILES string of the molecule is COCc1cc(Cn2cc(N)nn2)no1. The van der Waals surface area contributed by atoms with Crippen LogP contribution in [0.3, 0.4) is 0 Å². The lowest BCUT2D eigenvalue weighted by Crippen LogP contribution is -2.00. The molecular weight excluding hydrogens is 198 g/mol. The molecule has 0 radical (unpaired) electrons. The number of nitrogen functional groups attached to an aromatic ring is 1. The molecule has 2 N–H and O–H groups in total. The number of rotatable bonds is 4. The Morgan fingerprint density at radius 1 is 1.60 bits per heavy atom. The largest absolute Gasteiger partial charge is 0.381 e. The number of anilines is 1. The van der Waals surface area contributed by atoms with Gasteiger partial charge in [-0.05, 0) is 0 Å². The number of hydrogen-bond acceptors (Lipinski definition) is 6. The van der Waals surface area contributed by atoms with Crippen molar-refractivity contribution in [2.75, 3.05) is 12.8 Å². The van der Waals surface area contributed by atoms with Crippen molar-refractivity contribution in [2.45, 2.75) is 13.2 Å². The molecule has 0 bridgehead atoms. The minimum atomic E-state index is 0.385. The van der Waals surface area contributed by atoms with E-state index in [1.54, 1.807) is 24.1 Å². The van der Waals surface area contributed by atoms with Crippen LogP contribution in [-0.4, -0.2) is 27.3 Å². The van der Waals surface area contributed by atoms with Gasteiger partial charge in [-0.2, -0.15) is 0 Å². The maximum atomic E-state index is 5.43. The van der Waals surface area contributed by atoms with Crippen molar-refractivity contribution < 1.29 is 9.26 Å². The van der Waals surface area contributed by atoms with Crippen molar-refractivity contribution in [3.63, 3.8) is 0 Å². The summed E-state index contributed by atoms with van der Waals surface area (Å²) in [5.41, 5.74) is 6.18. The number of nitrogens with two attached hydrogens (primary N) is 1. The molecule has 0 aromatic carbocycles. The summed E-state index contributed by atoms with van der Waals surface area (Å²) in [4.78, 5) is 0. The van der Waals surface area contributed by atoms with E-state index in [9.17, 15) is 0 Å². The Morgan fingerprint density at radius 2 is 2.47 bits per heavy atom. The van der Waals surface area contributed by atoms with Gasteiger partial charge in [-0.15, -0.1) is 5.10 Å². The zero-order chi connectivity index (χ0) is 10.7. The van der Waals surface area contributed by atoms with Crippen molar-refractivity contribution in [1.29, 1.82) is 0 Å². The van der Waals surface area contributed by atoms with Crippen molar-refractivity contribution in [2.24, 2.45) is 0 Å². The van der Waals surface area contributed by atoms with Crippen LogP contribution in [0.5, 0.6) is 0 Å². The lowest BCUT2D eigenvalue weighted by Gasteiger charge is -1.92. The molecular formula is C8H11N5O2. The van der Waals surface area contributed by atoms with E-state index < -0.39 is 0 Å². The van der Waals surface area contributed by atoms with Crippen LogP contribution in [0.25, 0.3) is 0 Å². The normalized spacial score (nSPS) is 10.7. The second kappa shape index (κ2) is 4.09. The van der Waals surface area contributed by atoms with Gasteiger partial charge in [0.1, 0.15) is 12.3 Å². The lowest BCUT2D eigenvalue weighted by atomic mass is 10.4. The summed E-state index contributed by atoms with van der Waals surface area (Å²) in [5.74, 6) is 1.07. The highest BCUT2D eigenvalue weighted by Crippen LogP contribution is 2.06. The minimum absolute atomic E-state index is 0.385. The fraction of sp³-hybridized carbons (Fsp3) is 0.375. The van der Waals surface area contributed by atoms with Gasteiger partial charge in [-0.3, -0.25) is 0 Å². The number of ether oxygens (including phenoxy) is 1. The quantitative estimate of drug-likeness (QED) is 0.764. The molecule has 0 amide bonds. The van der Waals surface area contributed by atoms with Crippen molar-refractivity contribution in [3.05, 3.63) is 23.7 Å². The van der Waals surface area contributed by atoms with Crippen LogP contribution >= 0.6 is 0 Å². The summed E-state index contributed by atoms with van der Waals surface area (Å²) >= 11 is 0. The zero-order valence-corrected chi connectivity index (χ0v) is 8.25. The number of hydrogen-bond donors (Lipinski definition) is 1. The molecule has 0 aliphatic rings. The molecule has 0 atom stereocenters. The number of methoxy groups -OCH3 is 1. The van der Waals surface area contributed by atoms with Gasteiger partial charge < -0.3 is 15.0 Å². The van der Waals surface area contributed by atoms with Crippen LogP contribution in [0.15, 0.2) is 16.8 Å². The fourth-order valence-corrected chi connectivity index (χ4v) is 1.20. The Labute approximate surface area is 85.8 Å². The molecule has 0 aliphatic carbocycles. The van der Waals surface area contributed by atoms with Gasteiger partial charge in [-0.25, -0.2) is 4.68 Å². The van der Waals surface area contributed by atoms with Gasteiger partial charge >= 0.3 is 0 Å². The summed E-state index contributed by atoms with van der Waals surface area (Å²) < 4.78 is 11.5. The Morgan fingerprint density at radius 3 is 3.13 bits per heavy atom. The molecule has 2 rings (SSSR count). The molecule has 2 aromatic rings. The van der Waals surface area contributed by atoms with Crippen molar-refractivity contribution >= 4 is 5.82 Å². The molecule has 15 heavy (non-hydrogen) atoms. The molecule has 0 aliphatic heterocycles. The maximum absolute atomic E-state index is 5.43. The number of nitrogens with zero attached hydrogens (tertiary/aromatic N) is 4. The van der Waals surface area contributed by atoms with Gasteiger partial charge in [0.25, 0.3) is 0 Å². The highest BCUT2D eigenvalue weighted by atomic mass is 16.5. The first-order chi connectivity index (χ1) is 7.28. The van der Waals surface area contributed by atoms with Crippen LogP contribution in [0, 0.1) is 0 Å². The maximum Gasteiger partial charge on any atom is 0.165 e. The van der Waals surface area contributed by atoms with E-state index in [1.165, 1.54) is 0 Å². The molecule has 2 heterocycles. The van der Waals surface area contributed by atoms with Crippen LogP contribution in [0.1, 0.15) is 11.5 Å². The highest BCUT2D eigenvalue weighted by Gasteiger charge is 2.05. The van der Waals surface area contributed by atoms with E-state index in [0.29, 0.717) is 24.7 Å². The summed E-state index contributed by atoms with van der Waals surface area (Å²) in [7, 11) is 1.60. The predicted octanol–water partition coefficient (Wildman–Crippen LogP) is 0.0430. The Kier molecular flexibility index (Phi) is 2.64. The second-order valence-electron chi connectivity index (χ2n) is 3.06. The average molecular weight is 209 g/mol.